The first-order valence-electron chi connectivity index (χ1n) is 7.56. The minimum atomic E-state index is -0.338. The van der Waals surface area contributed by atoms with Gasteiger partial charge in [0, 0.05) is 12.1 Å². The molecule has 124 valence electrons. The summed E-state index contributed by atoms with van der Waals surface area (Å²) in [4.78, 5) is 36.5. The van der Waals surface area contributed by atoms with Gasteiger partial charge in [0.1, 0.15) is 12.8 Å². The van der Waals surface area contributed by atoms with Gasteiger partial charge in [0.05, 0.1) is 12.3 Å². The number of hydrogen-bond acceptors (Lipinski definition) is 5. The van der Waals surface area contributed by atoms with Crippen LogP contribution in [-0.2, 0) is 9.59 Å². The molecule has 1 aliphatic rings. The van der Waals surface area contributed by atoms with Gasteiger partial charge in [-0.3, -0.25) is 19.3 Å². The van der Waals surface area contributed by atoms with E-state index in [0.717, 1.165) is 6.42 Å². The zero-order valence-corrected chi connectivity index (χ0v) is 13.3. The molecule has 7 nitrogen and oxygen atoms in total. The Balaban J connectivity index is 2.35. The van der Waals surface area contributed by atoms with Gasteiger partial charge >= 0.3 is 0 Å². The van der Waals surface area contributed by atoms with Crippen molar-refractivity contribution >= 4 is 23.8 Å². The van der Waals surface area contributed by atoms with Crippen LogP contribution in [0.15, 0.2) is 12.1 Å². The number of ether oxygens (including phenoxy) is 2. The molecule has 0 aliphatic carbocycles. The Morgan fingerprint density at radius 1 is 1.43 bits per heavy atom. The van der Waals surface area contributed by atoms with Crippen LogP contribution in [0.1, 0.15) is 30.6 Å². The molecule has 0 bridgehead atoms. The zero-order chi connectivity index (χ0) is 16.8. The number of carbonyl (C=O) groups is 3. The van der Waals surface area contributed by atoms with E-state index in [9.17, 15) is 14.4 Å². The Morgan fingerprint density at radius 2 is 2.22 bits per heavy atom. The van der Waals surface area contributed by atoms with Crippen molar-refractivity contribution in [1.29, 1.82) is 0 Å². The monoisotopic (exact) mass is 320 g/mol. The highest BCUT2D eigenvalue weighted by molar-refractivity contribution is 6.03. The fourth-order valence-electron chi connectivity index (χ4n) is 2.27. The number of aldehydes is 1. The van der Waals surface area contributed by atoms with Gasteiger partial charge in [-0.25, -0.2) is 0 Å². The van der Waals surface area contributed by atoms with Crippen LogP contribution in [0.4, 0.5) is 5.69 Å². The van der Waals surface area contributed by atoms with E-state index in [0.29, 0.717) is 42.2 Å². The van der Waals surface area contributed by atoms with E-state index in [-0.39, 0.29) is 25.0 Å². The lowest BCUT2D eigenvalue weighted by Crippen LogP contribution is -2.45. The minimum absolute atomic E-state index is 0.122. The van der Waals surface area contributed by atoms with Gasteiger partial charge in [-0.05, 0) is 25.5 Å². The molecule has 7 heteroatoms. The van der Waals surface area contributed by atoms with E-state index in [2.05, 4.69) is 5.32 Å². The molecule has 0 fully saturated rings. The average Bonchev–Trinajstić information content (AvgIpc) is 2.55. The van der Waals surface area contributed by atoms with E-state index in [1.165, 1.54) is 11.0 Å². The molecule has 0 unspecified atom stereocenters. The fraction of sp³-hybridized carbons (Fsp3) is 0.438. The third kappa shape index (κ3) is 3.80. The van der Waals surface area contributed by atoms with Crippen LogP contribution in [0.2, 0.25) is 0 Å². The van der Waals surface area contributed by atoms with Gasteiger partial charge < -0.3 is 14.8 Å². The largest absolute Gasteiger partial charge is 0.490 e. The summed E-state index contributed by atoms with van der Waals surface area (Å²) >= 11 is 0. The number of hydrogen-bond donors (Lipinski definition) is 1. The maximum atomic E-state index is 12.1. The minimum Gasteiger partial charge on any atom is -0.490 e. The summed E-state index contributed by atoms with van der Waals surface area (Å²) in [5.74, 6) is 0.163. The van der Waals surface area contributed by atoms with Crippen molar-refractivity contribution < 1.29 is 23.9 Å². The lowest BCUT2D eigenvalue weighted by molar-refractivity contribution is -0.125. The molecule has 0 saturated heterocycles. The van der Waals surface area contributed by atoms with E-state index >= 15 is 0 Å². The molecule has 1 aliphatic heterocycles. The number of anilines is 1. The summed E-state index contributed by atoms with van der Waals surface area (Å²) in [6, 6.07) is 3.08. The third-order valence-electron chi connectivity index (χ3n) is 3.30. The molecule has 0 spiro atoms. The van der Waals surface area contributed by atoms with Gasteiger partial charge in [0.2, 0.25) is 5.91 Å². The molecule has 2 amide bonds. The van der Waals surface area contributed by atoms with Gasteiger partial charge in [-0.2, -0.15) is 0 Å². The lowest BCUT2D eigenvalue weighted by Gasteiger charge is -2.30. The van der Waals surface area contributed by atoms with Gasteiger partial charge in [0.15, 0.2) is 18.1 Å². The molecule has 0 atom stereocenters. The number of nitrogens with zero attached hydrogens (tertiary/aromatic N) is 1. The van der Waals surface area contributed by atoms with Crippen LogP contribution >= 0.6 is 0 Å². The summed E-state index contributed by atoms with van der Waals surface area (Å²) in [5.41, 5.74) is 0.727. The van der Waals surface area contributed by atoms with Gasteiger partial charge in [0.25, 0.3) is 5.91 Å². The summed E-state index contributed by atoms with van der Waals surface area (Å²) in [7, 11) is 0. The summed E-state index contributed by atoms with van der Waals surface area (Å²) < 4.78 is 10.9. The molecule has 1 N–H and O–H groups in total. The van der Waals surface area contributed by atoms with E-state index < -0.39 is 0 Å². The second-order valence-corrected chi connectivity index (χ2v) is 5.04. The first-order chi connectivity index (χ1) is 11.1. The normalized spacial score (nSPS) is 13.1. The highest BCUT2D eigenvalue weighted by Gasteiger charge is 2.30. The van der Waals surface area contributed by atoms with Crippen LogP contribution in [0, 0.1) is 0 Å². The molecule has 1 heterocycles. The Kier molecular flexibility index (Phi) is 5.56. The highest BCUT2D eigenvalue weighted by atomic mass is 16.5. The predicted molar refractivity (Wildman–Crippen MR) is 84.1 cm³/mol. The standard InChI is InChI=1S/C16H20N2O5/c1-3-5-17-14(20)8-18-12-6-11(9-19)7-13(22-4-2)16(12)23-10-15(18)21/h6-7,9H,3-5,8,10H2,1-2H3,(H,17,20). The Bertz CT molecular complexity index is 615. The highest BCUT2D eigenvalue weighted by Crippen LogP contribution is 2.41. The number of benzene rings is 1. The van der Waals surface area contributed by atoms with Crippen molar-refractivity contribution in [2.24, 2.45) is 0 Å². The molecular weight excluding hydrogens is 300 g/mol. The van der Waals surface area contributed by atoms with Crippen molar-refractivity contribution in [3.05, 3.63) is 17.7 Å². The molecule has 2 rings (SSSR count). The van der Waals surface area contributed by atoms with Crippen molar-refractivity contribution in [3.63, 3.8) is 0 Å². The summed E-state index contributed by atoms with van der Waals surface area (Å²) in [5, 5.41) is 2.72. The first-order valence-corrected chi connectivity index (χ1v) is 7.56. The van der Waals surface area contributed by atoms with Crippen LogP contribution < -0.4 is 19.7 Å². The predicted octanol–water partition coefficient (Wildman–Crippen LogP) is 1.15. The second-order valence-electron chi connectivity index (χ2n) is 5.04. The molecule has 23 heavy (non-hydrogen) atoms. The average molecular weight is 320 g/mol. The number of nitrogens with one attached hydrogen (secondary N) is 1. The molecule has 1 aromatic rings. The van der Waals surface area contributed by atoms with E-state index in [1.807, 2.05) is 13.8 Å². The SMILES string of the molecule is CCCNC(=O)CN1C(=O)COc2c(OCC)cc(C=O)cc21. The summed E-state index contributed by atoms with van der Waals surface area (Å²) in [6.07, 6.45) is 1.47. The fourth-order valence-corrected chi connectivity index (χ4v) is 2.27. The maximum absolute atomic E-state index is 12.1. The topological polar surface area (TPSA) is 84.9 Å². The van der Waals surface area contributed by atoms with E-state index in [1.54, 1.807) is 6.07 Å². The molecule has 0 radical (unpaired) electrons. The van der Waals surface area contributed by atoms with Crippen LogP contribution in [0.3, 0.4) is 0 Å². The molecule has 0 aromatic heterocycles. The first kappa shape index (κ1) is 16.8. The second kappa shape index (κ2) is 7.62. The maximum Gasteiger partial charge on any atom is 0.265 e. The number of carbonyl (C=O) groups excluding carboxylic acids is 3. The Labute approximate surface area is 134 Å². The molecule has 0 saturated carbocycles. The molecule has 1 aromatic carbocycles. The Hall–Kier alpha value is -2.57. The van der Waals surface area contributed by atoms with E-state index in [4.69, 9.17) is 9.47 Å². The molecular formula is C16H20N2O5. The van der Waals surface area contributed by atoms with Crippen molar-refractivity contribution in [3.8, 4) is 11.5 Å². The smallest absolute Gasteiger partial charge is 0.265 e. The van der Waals surface area contributed by atoms with Crippen LogP contribution in [-0.4, -0.2) is 44.4 Å². The third-order valence-corrected chi connectivity index (χ3v) is 3.30. The quantitative estimate of drug-likeness (QED) is 0.762. The number of rotatable bonds is 7. The lowest BCUT2D eigenvalue weighted by atomic mass is 10.1. The van der Waals surface area contributed by atoms with Gasteiger partial charge in [-0.15, -0.1) is 0 Å². The number of amides is 2. The Morgan fingerprint density at radius 3 is 2.87 bits per heavy atom. The van der Waals surface area contributed by atoms with Crippen molar-refractivity contribution in [2.45, 2.75) is 20.3 Å². The van der Waals surface area contributed by atoms with Gasteiger partial charge in [-0.1, -0.05) is 6.92 Å². The summed E-state index contributed by atoms with van der Waals surface area (Å²) in [6.45, 7) is 4.40. The zero-order valence-electron chi connectivity index (χ0n) is 13.3. The van der Waals surface area contributed by atoms with Crippen LogP contribution in [0.25, 0.3) is 0 Å². The van der Waals surface area contributed by atoms with Crippen molar-refractivity contribution in [1.82, 2.24) is 5.32 Å². The van der Waals surface area contributed by atoms with Crippen LogP contribution in [0.5, 0.6) is 11.5 Å². The van der Waals surface area contributed by atoms with Crippen molar-refractivity contribution in [2.75, 3.05) is 31.2 Å². The number of fused-ring (bicyclic) bond motifs is 1.